The van der Waals surface area contributed by atoms with E-state index in [1.807, 2.05) is 13.8 Å². The minimum absolute atomic E-state index is 0.0477. The zero-order chi connectivity index (χ0) is 34.6. The largest absolute Gasteiger partial charge is 0.471 e. The molecule has 0 spiro atoms. The van der Waals surface area contributed by atoms with E-state index in [1.54, 1.807) is 18.2 Å². The lowest BCUT2D eigenvalue weighted by Crippen LogP contribution is -2.54. The van der Waals surface area contributed by atoms with Gasteiger partial charge >= 0.3 is 12.1 Å². The molecule has 13 nitrogen and oxygen atoms in total. The van der Waals surface area contributed by atoms with Crippen LogP contribution in [0.1, 0.15) is 76.5 Å². The van der Waals surface area contributed by atoms with Crippen LogP contribution in [0, 0.1) is 0 Å². The van der Waals surface area contributed by atoms with Gasteiger partial charge < -0.3 is 20.1 Å². The quantitative estimate of drug-likeness (QED) is 0.181. The first-order chi connectivity index (χ1) is 22.9. The number of nitrogens with one attached hydrogen (secondary N) is 3. The zero-order valence-electron chi connectivity index (χ0n) is 26.2. The van der Waals surface area contributed by atoms with Crippen molar-refractivity contribution >= 4 is 35.2 Å². The van der Waals surface area contributed by atoms with Crippen LogP contribution in [0.5, 0.6) is 0 Å². The Morgan fingerprint density at radius 3 is 2.52 bits per heavy atom. The van der Waals surface area contributed by atoms with Crippen LogP contribution < -0.4 is 16.0 Å². The van der Waals surface area contributed by atoms with Crippen molar-refractivity contribution in [3.05, 3.63) is 65.0 Å². The van der Waals surface area contributed by atoms with Gasteiger partial charge in [0.15, 0.2) is 0 Å². The van der Waals surface area contributed by atoms with Crippen LogP contribution in [0.3, 0.4) is 0 Å². The van der Waals surface area contributed by atoms with Crippen molar-refractivity contribution in [2.75, 3.05) is 31.5 Å². The molecule has 5 rings (SSSR count). The molecule has 0 bridgehead atoms. The molecule has 2 aliphatic heterocycles. The summed E-state index contributed by atoms with van der Waals surface area (Å²) < 4.78 is 42.5. The summed E-state index contributed by atoms with van der Waals surface area (Å²) in [7, 11) is 0. The van der Waals surface area contributed by atoms with Crippen molar-refractivity contribution in [3.63, 3.8) is 0 Å². The van der Waals surface area contributed by atoms with Gasteiger partial charge in [0.25, 0.3) is 17.7 Å². The first-order valence-corrected chi connectivity index (χ1v) is 15.5. The molecule has 0 radical (unpaired) electrons. The molecule has 2 unspecified atom stereocenters. The van der Waals surface area contributed by atoms with Gasteiger partial charge in [0, 0.05) is 42.4 Å². The maximum Gasteiger partial charge on any atom is 0.471 e. The second-order valence-corrected chi connectivity index (χ2v) is 11.6. The summed E-state index contributed by atoms with van der Waals surface area (Å²) in [6.45, 7) is 6.48. The third-order valence-corrected chi connectivity index (χ3v) is 8.12. The number of amides is 5. The Hall–Kier alpha value is -5.12. The molecular weight excluding hydrogens is 635 g/mol. The molecule has 2 aromatic carbocycles. The van der Waals surface area contributed by atoms with Gasteiger partial charge in [-0.05, 0) is 63.5 Å². The number of likely N-dealkylation sites (N-methyl/N-ethyl adjacent to an activating group) is 1. The summed E-state index contributed by atoms with van der Waals surface area (Å²) in [6, 6.07) is 9.54. The van der Waals surface area contributed by atoms with Gasteiger partial charge in [-0.25, -0.2) is 0 Å². The Balaban J connectivity index is 1.07. The predicted octanol–water partition coefficient (Wildman–Crippen LogP) is 3.49. The van der Waals surface area contributed by atoms with Crippen LogP contribution >= 0.6 is 0 Å². The molecule has 3 N–H and O–H groups in total. The fourth-order valence-corrected chi connectivity index (χ4v) is 5.69. The number of imide groups is 2. The second-order valence-electron chi connectivity index (χ2n) is 11.6. The average molecular weight is 670 g/mol. The number of rotatable bonds is 13. The van der Waals surface area contributed by atoms with E-state index in [9.17, 15) is 37.1 Å². The molecule has 1 aromatic heterocycles. The molecular formula is C32H34F3N7O6. The van der Waals surface area contributed by atoms with Crippen molar-refractivity contribution in [1.29, 1.82) is 0 Å². The molecule has 5 amide bonds. The van der Waals surface area contributed by atoms with Crippen LogP contribution in [0.25, 0.3) is 11.4 Å². The fraction of sp³-hybridized carbons (Fsp3) is 0.406. The minimum Gasteiger partial charge on any atom is -0.384 e. The normalized spacial score (nSPS) is 17.0. The van der Waals surface area contributed by atoms with Crippen LogP contribution in [0.15, 0.2) is 47.0 Å². The number of anilines is 1. The number of fused-ring (bicyclic) bond motifs is 1. The Morgan fingerprint density at radius 2 is 1.85 bits per heavy atom. The van der Waals surface area contributed by atoms with Crippen molar-refractivity contribution in [1.82, 2.24) is 30.6 Å². The van der Waals surface area contributed by atoms with E-state index in [0.29, 0.717) is 24.3 Å². The standard InChI is InChI=1S/C32H34F3N7O6/c1-3-41(17-18(2)37-27(44)20-11-9-19(10-12-20)26-39-31(48-40-26)32(33,34)35)16-5-4-15-36-22-8-6-7-21-25(22)30(47)42(29(21)46)23-13-14-24(43)38-28(23)45/h6-12,18,23,36H,3-5,13-17H2,1-2H3,(H,37,44)(H,38,43,45). The van der Waals surface area contributed by atoms with E-state index in [4.69, 9.17) is 0 Å². The number of nitrogens with zero attached hydrogens (tertiary/aromatic N) is 4. The van der Waals surface area contributed by atoms with Gasteiger partial charge in [-0.1, -0.05) is 30.3 Å². The number of halogens is 3. The third-order valence-electron chi connectivity index (χ3n) is 8.12. The van der Waals surface area contributed by atoms with Crippen LogP contribution in [-0.4, -0.2) is 87.7 Å². The van der Waals surface area contributed by atoms with Crippen LogP contribution in [-0.2, 0) is 15.8 Å². The lowest BCUT2D eigenvalue weighted by atomic mass is 10.0. The smallest absolute Gasteiger partial charge is 0.384 e. The maximum atomic E-state index is 13.3. The minimum atomic E-state index is -4.75. The summed E-state index contributed by atoms with van der Waals surface area (Å²) >= 11 is 0. The van der Waals surface area contributed by atoms with E-state index in [-0.39, 0.29) is 47.3 Å². The van der Waals surface area contributed by atoms with Gasteiger partial charge in [-0.15, -0.1) is 0 Å². The zero-order valence-corrected chi connectivity index (χ0v) is 26.2. The lowest BCUT2D eigenvalue weighted by Gasteiger charge is -2.27. The van der Waals surface area contributed by atoms with Crippen molar-refractivity contribution in [3.8, 4) is 11.4 Å². The highest BCUT2D eigenvalue weighted by molar-refractivity contribution is 6.25. The molecule has 48 heavy (non-hydrogen) atoms. The van der Waals surface area contributed by atoms with E-state index < -0.39 is 41.7 Å². The average Bonchev–Trinajstić information content (AvgIpc) is 3.65. The summed E-state index contributed by atoms with van der Waals surface area (Å²) in [5.41, 5.74) is 1.53. The summed E-state index contributed by atoms with van der Waals surface area (Å²) in [6.07, 6.45) is -3.06. The van der Waals surface area contributed by atoms with Gasteiger partial charge in [0.2, 0.25) is 17.6 Å². The Morgan fingerprint density at radius 1 is 1.10 bits per heavy atom. The van der Waals surface area contributed by atoms with Crippen molar-refractivity contribution < 1.29 is 41.7 Å². The number of carbonyl (C=O) groups is 5. The molecule has 2 atom stereocenters. The number of carbonyl (C=O) groups excluding carboxylic acids is 5. The van der Waals surface area contributed by atoms with Crippen LogP contribution in [0.2, 0.25) is 0 Å². The topological polar surface area (TPSA) is 167 Å². The highest BCUT2D eigenvalue weighted by Gasteiger charge is 2.45. The number of alkyl halides is 3. The van der Waals surface area contributed by atoms with E-state index in [2.05, 4.69) is 35.5 Å². The highest BCUT2D eigenvalue weighted by Crippen LogP contribution is 2.32. The Labute approximate surface area is 273 Å². The highest BCUT2D eigenvalue weighted by atomic mass is 19.4. The molecule has 3 aromatic rings. The SMILES string of the molecule is CCN(CCCCNc1cccc2c1C(=O)N(C1CCC(=O)NC1=O)C2=O)CC(C)NC(=O)c1ccc(-c2noc(C(F)(F)F)n2)cc1. The Kier molecular flexibility index (Phi) is 10.2. The van der Waals surface area contributed by atoms with Gasteiger partial charge in [-0.2, -0.15) is 18.2 Å². The number of aromatic nitrogens is 2. The van der Waals surface area contributed by atoms with Gasteiger partial charge in [-0.3, -0.25) is 34.2 Å². The number of benzene rings is 2. The number of unbranched alkanes of at least 4 members (excludes halogenated alkanes) is 1. The van der Waals surface area contributed by atoms with E-state index >= 15 is 0 Å². The lowest BCUT2D eigenvalue weighted by molar-refractivity contribution is -0.159. The van der Waals surface area contributed by atoms with Gasteiger partial charge in [0.1, 0.15) is 6.04 Å². The number of piperidine rings is 1. The summed E-state index contributed by atoms with van der Waals surface area (Å²) in [5.74, 6) is -4.23. The van der Waals surface area contributed by atoms with E-state index in [1.165, 1.54) is 24.3 Å². The second kappa shape index (κ2) is 14.3. The molecule has 0 aliphatic carbocycles. The Bertz CT molecular complexity index is 1710. The summed E-state index contributed by atoms with van der Waals surface area (Å²) in [4.78, 5) is 69.5. The molecule has 1 fully saturated rings. The maximum absolute atomic E-state index is 13.3. The molecule has 1 saturated heterocycles. The summed E-state index contributed by atoms with van der Waals surface area (Å²) in [5, 5.41) is 11.7. The molecule has 0 saturated carbocycles. The first kappa shape index (κ1) is 34.2. The van der Waals surface area contributed by atoms with Crippen LogP contribution in [0.4, 0.5) is 18.9 Å². The monoisotopic (exact) mass is 669 g/mol. The molecule has 16 heteroatoms. The van der Waals surface area contributed by atoms with E-state index in [0.717, 1.165) is 30.8 Å². The van der Waals surface area contributed by atoms with Crippen molar-refractivity contribution in [2.45, 2.75) is 57.8 Å². The first-order valence-electron chi connectivity index (χ1n) is 15.5. The number of hydrogen-bond acceptors (Lipinski definition) is 10. The third kappa shape index (κ3) is 7.54. The molecule has 3 heterocycles. The van der Waals surface area contributed by atoms with Gasteiger partial charge in [0.05, 0.1) is 11.1 Å². The predicted molar refractivity (Wildman–Crippen MR) is 165 cm³/mol. The fourth-order valence-electron chi connectivity index (χ4n) is 5.69. The van der Waals surface area contributed by atoms with Crippen molar-refractivity contribution in [2.24, 2.45) is 0 Å². The molecule has 2 aliphatic rings. The number of hydrogen-bond donors (Lipinski definition) is 3. The molecule has 254 valence electrons.